The molecule has 0 atom stereocenters. The average molecular weight is 254 g/mol. The van der Waals surface area contributed by atoms with Crippen molar-refractivity contribution in [2.24, 2.45) is 0 Å². The summed E-state index contributed by atoms with van der Waals surface area (Å²) in [6.07, 6.45) is 0.706. The lowest BCUT2D eigenvalue weighted by molar-refractivity contribution is 0.110. The molecule has 96 valence electrons. The second kappa shape index (κ2) is 4.39. The molecule has 0 unspecified atom stereocenters. The Morgan fingerprint density at radius 1 is 1.32 bits per heavy atom. The number of carbonyl (C=O) groups excluding carboxylic acids is 1. The van der Waals surface area contributed by atoms with Crippen molar-refractivity contribution < 1.29 is 9.21 Å². The fourth-order valence-corrected chi connectivity index (χ4v) is 2.37. The van der Waals surface area contributed by atoms with Crippen LogP contribution in [0.3, 0.4) is 0 Å². The van der Waals surface area contributed by atoms with Crippen molar-refractivity contribution in [3.63, 3.8) is 0 Å². The van der Waals surface area contributed by atoms with Crippen molar-refractivity contribution in [3.8, 4) is 11.3 Å². The molecule has 1 aromatic carbocycles. The average Bonchev–Trinajstić information content (AvgIpc) is 3.00. The number of aromatic nitrogens is 2. The molecule has 0 saturated heterocycles. The number of carbonyl (C=O) groups is 1. The Morgan fingerprint density at radius 2 is 2.16 bits per heavy atom. The summed E-state index contributed by atoms with van der Waals surface area (Å²) in [7, 11) is 0. The molecule has 3 aromatic rings. The molecule has 4 nitrogen and oxygen atoms in total. The van der Waals surface area contributed by atoms with E-state index < -0.39 is 0 Å². The minimum absolute atomic E-state index is 0.338. The first-order valence-electron chi connectivity index (χ1n) is 6.25. The van der Waals surface area contributed by atoms with Gasteiger partial charge in [0.15, 0.2) is 12.0 Å². The van der Waals surface area contributed by atoms with Crippen LogP contribution in [0.15, 0.2) is 34.7 Å². The number of benzene rings is 1. The van der Waals surface area contributed by atoms with Gasteiger partial charge in [0, 0.05) is 12.1 Å². The first kappa shape index (κ1) is 11.7. The highest BCUT2D eigenvalue weighted by atomic mass is 16.3. The Kier molecular flexibility index (Phi) is 2.71. The molecular formula is C15H14N2O2. The molecule has 2 heterocycles. The van der Waals surface area contributed by atoms with Crippen molar-refractivity contribution in [1.29, 1.82) is 0 Å². The summed E-state index contributed by atoms with van der Waals surface area (Å²) < 4.78 is 7.59. The van der Waals surface area contributed by atoms with Gasteiger partial charge in [-0.3, -0.25) is 4.79 Å². The van der Waals surface area contributed by atoms with Crippen LogP contribution in [0.4, 0.5) is 0 Å². The van der Waals surface area contributed by atoms with Crippen LogP contribution in [0.1, 0.15) is 23.3 Å². The zero-order chi connectivity index (χ0) is 13.4. The molecule has 0 saturated carbocycles. The lowest BCUT2D eigenvalue weighted by atomic mass is 10.1. The third kappa shape index (κ3) is 1.85. The molecule has 0 fully saturated rings. The largest absolute Gasteiger partial charge is 0.453 e. The number of hydrogen-bond donors (Lipinski definition) is 0. The smallest absolute Gasteiger partial charge is 0.185 e. The van der Waals surface area contributed by atoms with E-state index in [1.165, 1.54) is 0 Å². The van der Waals surface area contributed by atoms with Crippen molar-refractivity contribution in [2.75, 3.05) is 0 Å². The van der Waals surface area contributed by atoms with Gasteiger partial charge >= 0.3 is 0 Å². The van der Waals surface area contributed by atoms with Gasteiger partial charge in [0.1, 0.15) is 11.6 Å². The molecule has 0 aliphatic rings. The first-order valence-corrected chi connectivity index (χ1v) is 6.25. The van der Waals surface area contributed by atoms with Crippen molar-refractivity contribution in [1.82, 2.24) is 9.55 Å². The van der Waals surface area contributed by atoms with Gasteiger partial charge in [-0.15, -0.1) is 0 Å². The Morgan fingerprint density at radius 3 is 2.84 bits per heavy atom. The van der Waals surface area contributed by atoms with E-state index in [1.807, 2.05) is 25.1 Å². The van der Waals surface area contributed by atoms with Crippen LogP contribution in [-0.2, 0) is 6.54 Å². The summed E-state index contributed by atoms with van der Waals surface area (Å²) in [4.78, 5) is 15.2. The number of imidazole rings is 1. The normalized spacial score (nSPS) is 11.1. The van der Waals surface area contributed by atoms with Crippen LogP contribution in [0.2, 0.25) is 0 Å². The van der Waals surface area contributed by atoms with Gasteiger partial charge in [-0.25, -0.2) is 4.98 Å². The quantitative estimate of drug-likeness (QED) is 0.673. The highest BCUT2D eigenvalue weighted by Gasteiger charge is 2.09. The van der Waals surface area contributed by atoms with Gasteiger partial charge in [-0.05, 0) is 44.2 Å². The summed E-state index contributed by atoms with van der Waals surface area (Å²) in [6.45, 7) is 5.00. The van der Waals surface area contributed by atoms with E-state index in [0.717, 1.165) is 29.0 Å². The highest BCUT2D eigenvalue weighted by molar-refractivity contribution is 5.82. The summed E-state index contributed by atoms with van der Waals surface area (Å²) >= 11 is 0. The molecule has 0 aliphatic heterocycles. The maximum absolute atomic E-state index is 10.6. The Labute approximate surface area is 110 Å². The number of furan rings is 1. The molecule has 0 aliphatic carbocycles. The molecule has 19 heavy (non-hydrogen) atoms. The molecule has 4 heteroatoms. The molecule has 2 aromatic heterocycles. The molecule has 0 bridgehead atoms. The third-order valence-corrected chi connectivity index (χ3v) is 3.28. The maximum Gasteiger partial charge on any atom is 0.185 e. The van der Waals surface area contributed by atoms with Gasteiger partial charge in [0.25, 0.3) is 0 Å². The van der Waals surface area contributed by atoms with Crippen LogP contribution in [0.25, 0.3) is 22.4 Å². The van der Waals surface area contributed by atoms with E-state index >= 15 is 0 Å². The summed E-state index contributed by atoms with van der Waals surface area (Å²) in [6, 6.07) is 9.49. The van der Waals surface area contributed by atoms with Crippen molar-refractivity contribution in [2.45, 2.75) is 20.4 Å². The second-order valence-electron chi connectivity index (χ2n) is 4.43. The minimum atomic E-state index is 0.338. The number of hydrogen-bond acceptors (Lipinski definition) is 3. The Bertz CT molecular complexity index is 753. The fraction of sp³-hybridized carbons (Fsp3) is 0.200. The van der Waals surface area contributed by atoms with Gasteiger partial charge in [-0.1, -0.05) is 0 Å². The lowest BCUT2D eigenvalue weighted by Gasteiger charge is -2.02. The van der Waals surface area contributed by atoms with Crippen LogP contribution >= 0.6 is 0 Å². The molecule has 3 rings (SSSR count). The van der Waals surface area contributed by atoms with E-state index in [1.54, 1.807) is 12.1 Å². The van der Waals surface area contributed by atoms with E-state index in [0.29, 0.717) is 17.8 Å². The van der Waals surface area contributed by atoms with Crippen molar-refractivity contribution in [3.05, 3.63) is 41.9 Å². The zero-order valence-corrected chi connectivity index (χ0v) is 10.9. The zero-order valence-electron chi connectivity index (χ0n) is 10.9. The molecule has 0 spiro atoms. The van der Waals surface area contributed by atoms with Gasteiger partial charge in [0.2, 0.25) is 0 Å². The molecule has 0 amide bonds. The molecule has 0 radical (unpaired) electrons. The first-order chi connectivity index (χ1) is 9.22. The van der Waals surface area contributed by atoms with Gasteiger partial charge in [-0.2, -0.15) is 0 Å². The van der Waals surface area contributed by atoms with Crippen LogP contribution in [-0.4, -0.2) is 15.8 Å². The number of fused-ring (bicyclic) bond motifs is 1. The summed E-state index contributed by atoms with van der Waals surface area (Å²) in [5.41, 5.74) is 2.99. The monoisotopic (exact) mass is 254 g/mol. The topological polar surface area (TPSA) is 48.0 Å². The summed E-state index contributed by atoms with van der Waals surface area (Å²) in [5.74, 6) is 2.03. The Balaban J connectivity index is 2.13. The number of rotatable bonds is 3. The number of nitrogens with zero attached hydrogens (tertiary/aromatic N) is 2. The maximum atomic E-state index is 10.6. The van der Waals surface area contributed by atoms with E-state index in [4.69, 9.17) is 4.42 Å². The predicted molar refractivity (Wildman–Crippen MR) is 73.2 cm³/mol. The number of aryl methyl sites for hydroxylation is 2. The molecular weight excluding hydrogens is 240 g/mol. The van der Waals surface area contributed by atoms with E-state index in [2.05, 4.69) is 16.5 Å². The standard InChI is InChI=1S/C15H14N2O2/c1-3-17-10(2)16-13-8-11(4-6-14(13)17)15-7-5-12(9-18)19-15/h4-9H,3H2,1-2H3. The Hall–Kier alpha value is -2.36. The highest BCUT2D eigenvalue weighted by Crippen LogP contribution is 2.26. The minimum Gasteiger partial charge on any atom is -0.453 e. The lowest BCUT2D eigenvalue weighted by Crippen LogP contribution is -1.95. The van der Waals surface area contributed by atoms with Crippen molar-refractivity contribution >= 4 is 17.3 Å². The molecule has 0 N–H and O–H groups in total. The van der Waals surface area contributed by atoms with Gasteiger partial charge < -0.3 is 8.98 Å². The predicted octanol–water partition coefficient (Wildman–Crippen LogP) is 3.44. The van der Waals surface area contributed by atoms with E-state index in [-0.39, 0.29) is 0 Å². The second-order valence-corrected chi connectivity index (χ2v) is 4.43. The fourth-order valence-electron chi connectivity index (χ4n) is 2.37. The SMILES string of the molecule is CCn1c(C)nc2cc(-c3ccc(C=O)o3)ccc21. The third-order valence-electron chi connectivity index (χ3n) is 3.28. The summed E-state index contributed by atoms with van der Waals surface area (Å²) in [5, 5.41) is 0. The van der Waals surface area contributed by atoms with Crippen LogP contribution < -0.4 is 0 Å². The van der Waals surface area contributed by atoms with Gasteiger partial charge in [0.05, 0.1) is 11.0 Å². The van der Waals surface area contributed by atoms with Crippen LogP contribution in [0, 0.1) is 6.92 Å². The number of aldehydes is 1. The van der Waals surface area contributed by atoms with E-state index in [9.17, 15) is 4.79 Å². The van der Waals surface area contributed by atoms with Crippen LogP contribution in [0.5, 0.6) is 0 Å².